The Balaban J connectivity index is 2.28. The second-order valence-electron chi connectivity index (χ2n) is 3.88. The Bertz CT molecular complexity index is 629. The molecule has 18 heavy (non-hydrogen) atoms. The summed E-state index contributed by atoms with van der Waals surface area (Å²) in [5.74, 6) is 2.28. The van der Waals surface area contributed by atoms with E-state index in [0.29, 0.717) is 21.8 Å². The van der Waals surface area contributed by atoms with Crippen molar-refractivity contribution >= 4 is 33.1 Å². The number of amides is 1. The third-order valence-corrected chi connectivity index (χ3v) is 3.53. The van der Waals surface area contributed by atoms with E-state index in [1.54, 1.807) is 12.3 Å². The Kier molecular flexibility index (Phi) is 3.44. The number of hydrogen-bond donors (Lipinski definition) is 2. The van der Waals surface area contributed by atoms with Crippen molar-refractivity contribution < 1.29 is 4.79 Å². The molecule has 3 N–H and O–H groups in total. The first-order chi connectivity index (χ1) is 8.63. The largest absolute Gasteiger partial charge is 0.397 e. The minimum Gasteiger partial charge on any atom is -0.397 e. The van der Waals surface area contributed by atoms with Crippen LogP contribution in [0.25, 0.3) is 10.2 Å². The smallest absolute Gasteiger partial charge is 0.263 e. The highest BCUT2D eigenvalue weighted by Crippen LogP contribution is 2.31. The molecular weight excluding hydrogens is 248 g/mol. The van der Waals surface area contributed by atoms with Crippen molar-refractivity contribution in [2.45, 2.75) is 19.4 Å². The van der Waals surface area contributed by atoms with Gasteiger partial charge in [0.1, 0.15) is 9.71 Å². The maximum atomic E-state index is 12.0. The van der Waals surface area contributed by atoms with Crippen LogP contribution in [0.4, 0.5) is 5.69 Å². The van der Waals surface area contributed by atoms with E-state index in [-0.39, 0.29) is 11.9 Å². The molecule has 0 aliphatic carbocycles. The lowest BCUT2D eigenvalue weighted by molar-refractivity contribution is 0.0946. The van der Waals surface area contributed by atoms with Gasteiger partial charge in [-0.1, -0.05) is 0 Å². The number of terminal acetylenes is 1. The van der Waals surface area contributed by atoms with Gasteiger partial charge in [-0.25, -0.2) is 0 Å². The minimum absolute atomic E-state index is 0.0850. The van der Waals surface area contributed by atoms with E-state index in [1.807, 2.05) is 6.92 Å². The molecule has 2 aromatic rings. The van der Waals surface area contributed by atoms with Gasteiger partial charge in [-0.2, -0.15) is 5.10 Å². The van der Waals surface area contributed by atoms with Crippen LogP contribution in [-0.2, 0) is 0 Å². The third-order valence-electron chi connectivity index (χ3n) is 2.43. The van der Waals surface area contributed by atoms with E-state index in [4.69, 9.17) is 12.2 Å². The monoisotopic (exact) mass is 260 g/mol. The number of nitrogens with two attached hydrogens (primary N) is 1. The number of fused-ring (bicyclic) bond motifs is 1. The van der Waals surface area contributed by atoms with E-state index in [0.717, 1.165) is 5.39 Å². The van der Waals surface area contributed by atoms with Crippen molar-refractivity contribution in [1.82, 2.24) is 15.5 Å². The summed E-state index contributed by atoms with van der Waals surface area (Å²) in [6.07, 6.45) is 7.23. The minimum atomic E-state index is -0.224. The number of nitrogen functional groups attached to an aromatic ring is 1. The predicted molar refractivity (Wildman–Crippen MR) is 72.2 cm³/mol. The second kappa shape index (κ2) is 5.02. The Morgan fingerprint density at radius 2 is 2.50 bits per heavy atom. The molecule has 2 rings (SSSR count). The Morgan fingerprint density at radius 3 is 3.17 bits per heavy atom. The molecule has 0 fully saturated rings. The van der Waals surface area contributed by atoms with Crippen LogP contribution in [0, 0.1) is 12.3 Å². The molecule has 0 saturated carbocycles. The predicted octanol–water partition coefficient (Wildman–Crippen LogP) is 1.42. The van der Waals surface area contributed by atoms with Crippen LogP contribution in [0.2, 0.25) is 0 Å². The number of hydrogen-bond acceptors (Lipinski definition) is 5. The molecule has 5 nitrogen and oxygen atoms in total. The number of carbonyl (C=O) groups is 1. The zero-order valence-corrected chi connectivity index (χ0v) is 10.6. The molecule has 2 aromatic heterocycles. The summed E-state index contributed by atoms with van der Waals surface area (Å²) < 4.78 is 0. The van der Waals surface area contributed by atoms with E-state index in [2.05, 4.69) is 21.4 Å². The first-order valence-electron chi connectivity index (χ1n) is 5.37. The average Bonchev–Trinajstić information content (AvgIpc) is 2.68. The Hall–Kier alpha value is -2.13. The van der Waals surface area contributed by atoms with Crippen LogP contribution >= 0.6 is 11.3 Å². The molecule has 0 aliphatic rings. The summed E-state index contributed by atoms with van der Waals surface area (Å²) in [6, 6.07) is 1.66. The third kappa shape index (κ3) is 2.26. The van der Waals surface area contributed by atoms with E-state index in [1.165, 1.54) is 11.3 Å². The van der Waals surface area contributed by atoms with E-state index >= 15 is 0 Å². The van der Waals surface area contributed by atoms with Gasteiger partial charge in [0.25, 0.3) is 5.91 Å². The van der Waals surface area contributed by atoms with Gasteiger partial charge in [0.15, 0.2) is 0 Å². The lowest BCUT2D eigenvalue weighted by Gasteiger charge is -2.09. The molecule has 0 saturated heterocycles. The van der Waals surface area contributed by atoms with E-state index < -0.39 is 0 Å². The first-order valence-corrected chi connectivity index (χ1v) is 6.19. The molecule has 0 aromatic carbocycles. The van der Waals surface area contributed by atoms with Gasteiger partial charge in [0.05, 0.1) is 11.9 Å². The van der Waals surface area contributed by atoms with Crippen molar-refractivity contribution in [3.05, 3.63) is 17.1 Å². The van der Waals surface area contributed by atoms with Crippen LogP contribution < -0.4 is 11.1 Å². The second-order valence-corrected chi connectivity index (χ2v) is 4.88. The number of anilines is 1. The fourth-order valence-electron chi connectivity index (χ4n) is 1.56. The van der Waals surface area contributed by atoms with Gasteiger partial charge in [0.2, 0.25) is 0 Å². The molecule has 0 aliphatic heterocycles. The zero-order chi connectivity index (χ0) is 13.1. The summed E-state index contributed by atoms with van der Waals surface area (Å²) in [6.45, 7) is 1.85. The standard InChI is InChI=1S/C12H12N4OS/c1-3-4-7(2)15-11(17)10-9(13)8-5-6-14-16-12(8)18-10/h1,5-7H,4,13H2,2H3,(H,15,17). The van der Waals surface area contributed by atoms with Gasteiger partial charge in [0, 0.05) is 17.8 Å². The quantitative estimate of drug-likeness (QED) is 0.818. The molecular formula is C12H12N4OS. The SMILES string of the molecule is C#CCC(C)NC(=O)c1sc2nnccc2c1N. The Labute approximate surface area is 108 Å². The van der Waals surface area contributed by atoms with Crippen molar-refractivity contribution in [3.63, 3.8) is 0 Å². The molecule has 2 heterocycles. The van der Waals surface area contributed by atoms with Gasteiger partial charge in [-0.3, -0.25) is 4.79 Å². The topological polar surface area (TPSA) is 80.9 Å². The maximum Gasteiger partial charge on any atom is 0.263 e. The van der Waals surface area contributed by atoms with Crippen LogP contribution in [-0.4, -0.2) is 22.1 Å². The van der Waals surface area contributed by atoms with Crippen molar-refractivity contribution in [1.29, 1.82) is 0 Å². The van der Waals surface area contributed by atoms with Gasteiger partial charge < -0.3 is 11.1 Å². The maximum absolute atomic E-state index is 12.0. The van der Waals surface area contributed by atoms with Gasteiger partial charge in [-0.05, 0) is 13.0 Å². The van der Waals surface area contributed by atoms with Gasteiger partial charge >= 0.3 is 0 Å². The molecule has 0 spiro atoms. The summed E-state index contributed by atoms with van der Waals surface area (Å²) >= 11 is 1.23. The number of thiophene rings is 1. The Morgan fingerprint density at radius 1 is 1.72 bits per heavy atom. The highest BCUT2D eigenvalue weighted by Gasteiger charge is 2.18. The van der Waals surface area contributed by atoms with Crippen LogP contribution in [0.1, 0.15) is 23.0 Å². The fraction of sp³-hybridized carbons (Fsp3) is 0.250. The fourth-order valence-corrected chi connectivity index (χ4v) is 2.50. The summed E-state index contributed by atoms with van der Waals surface area (Å²) in [5.41, 5.74) is 6.37. The number of aromatic nitrogens is 2. The van der Waals surface area contributed by atoms with Crippen LogP contribution in [0.5, 0.6) is 0 Å². The van der Waals surface area contributed by atoms with Crippen LogP contribution in [0.3, 0.4) is 0 Å². The highest BCUT2D eigenvalue weighted by molar-refractivity contribution is 7.21. The zero-order valence-electron chi connectivity index (χ0n) is 9.80. The first kappa shape index (κ1) is 12.3. The van der Waals surface area contributed by atoms with Gasteiger partial charge in [-0.15, -0.1) is 28.8 Å². The lowest BCUT2D eigenvalue weighted by atomic mass is 10.2. The van der Waals surface area contributed by atoms with Crippen molar-refractivity contribution in [3.8, 4) is 12.3 Å². The summed E-state index contributed by atoms with van der Waals surface area (Å²) in [7, 11) is 0. The highest BCUT2D eigenvalue weighted by atomic mass is 32.1. The molecule has 0 radical (unpaired) electrons. The molecule has 1 atom stereocenters. The lowest BCUT2D eigenvalue weighted by Crippen LogP contribution is -2.32. The number of carbonyl (C=O) groups excluding carboxylic acids is 1. The molecule has 1 unspecified atom stereocenters. The molecule has 1 amide bonds. The summed E-state index contributed by atoms with van der Waals surface area (Å²) in [4.78, 5) is 13.1. The number of rotatable bonds is 3. The molecule has 92 valence electrons. The average molecular weight is 260 g/mol. The van der Waals surface area contributed by atoms with Crippen molar-refractivity contribution in [2.75, 3.05) is 5.73 Å². The normalized spacial score (nSPS) is 12.0. The molecule has 0 bridgehead atoms. The number of nitrogens with one attached hydrogen (secondary N) is 1. The number of nitrogens with zero attached hydrogens (tertiary/aromatic N) is 2. The van der Waals surface area contributed by atoms with Crippen LogP contribution in [0.15, 0.2) is 12.3 Å². The summed E-state index contributed by atoms with van der Waals surface area (Å²) in [5, 5.41) is 11.3. The molecule has 6 heteroatoms. The van der Waals surface area contributed by atoms with E-state index in [9.17, 15) is 4.79 Å². The van der Waals surface area contributed by atoms with Crippen molar-refractivity contribution in [2.24, 2.45) is 0 Å².